The van der Waals surface area contributed by atoms with Crippen LogP contribution in [-0.4, -0.2) is 11.0 Å². The Morgan fingerprint density at radius 3 is 2.62 bits per heavy atom. The predicted molar refractivity (Wildman–Crippen MR) is 93.9 cm³/mol. The molecule has 0 spiro atoms. The summed E-state index contributed by atoms with van der Waals surface area (Å²) in [4.78, 5) is 5.76. The second-order valence-electron chi connectivity index (χ2n) is 5.36. The van der Waals surface area contributed by atoms with E-state index in [2.05, 4.69) is 65.1 Å². The molecule has 2 rings (SSSR count). The summed E-state index contributed by atoms with van der Waals surface area (Å²) in [5.41, 5.74) is 9.59. The van der Waals surface area contributed by atoms with E-state index in [1.165, 1.54) is 16.0 Å². The van der Waals surface area contributed by atoms with Crippen LogP contribution in [0.5, 0.6) is 0 Å². The normalized spacial score (nSPS) is 12.4. The minimum absolute atomic E-state index is 0.233. The standard InChI is InChI=1S/C17H21BrN2S/c1-4-14(19)9-13-5-6-16(15(18)10-13)21-17-8-11(2)7-12(3)20-17/h5-8,10,14H,4,9,19H2,1-3H3. The second kappa shape index (κ2) is 7.43. The van der Waals surface area contributed by atoms with Crippen LogP contribution < -0.4 is 5.73 Å². The Morgan fingerprint density at radius 2 is 2.00 bits per heavy atom. The Morgan fingerprint density at radius 1 is 1.24 bits per heavy atom. The van der Waals surface area contributed by atoms with Crippen molar-refractivity contribution < 1.29 is 0 Å². The van der Waals surface area contributed by atoms with Gasteiger partial charge in [0.25, 0.3) is 0 Å². The molecule has 0 aliphatic heterocycles. The van der Waals surface area contributed by atoms with E-state index in [0.717, 1.165) is 28.0 Å². The third-order valence-corrected chi connectivity index (χ3v) is 5.22. The molecule has 0 radical (unpaired) electrons. The van der Waals surface area contributed by atoms with E-state index in [1.54, 1.807) is 11.8 Å². The summed E-state index contributed by atoms with van der Waals surface area (Å²) < 4.78 is 1.11. The molecule has 1 heterocycles. The zero-order valence-corrected chi connectivity index (χ0v) is 15.1. The van der Waals surface area contributed by atoms with Gasteiger partial charge < -0.3 is 5.73 Å². The molecule has 0 bridgehead atoms. The van der Waals surface area contributed by atoms with Gasteiger partial charge in [-0.25, -0.2) is 4.98 Å². The molecule has 1 atom stereocenters. The van der Waals surface area contributed by atoms with Crippen LogP contribution in [0.15, 0.2) is 44.7 Å². The van der Waals surface area contributed by atoms with E-state index in [-0.39, 0.29) is 6.04 Å². The Hall–Kier alpha value is -0.840. The van der Waals surface area contributed by atoms with Gasteiger partial charge in [-0.1, -0.05) is 24.8 Å². The van der Waals surface area contributed by atoms with Crippen LogP contribution in [0, 0.1) is 13.8 Å². The molecule has 2 N–H and O–H groups in total. The van der Waals surface area contributed by atoms with Crippen LogP contribution in [0.4, 0.5) is 0 Å². The molecule has 1 unspecified atom stereocenters. The summed E-state index contributed by atoms with van der Waals surface area (Å²) in [5, 5.41) is 1.03. The van der Waals surface area contributed by atoms with Crippen molar-refractivity contribution in [1.82, 2.24) is 4.98 Å². The van der Waals surface area contributed by atoms with E-state index in [1.807, 2.05) is 6.92 Å². The molecule has 0 saturated carbocycles. The van der Waals surface area contributed by atoms with Gasteiger partial charge in [-0.15, -0.1) is 0 Å². The van der Waals surface area contributed by atoms with Crippen molar-refractivity contribution in [3.63, 3.8) is 0 Å². The smallest absolute Gasteiger partial charge is 0.101 e. The van der Waals surface area contributed by atoms with E-state index in [0.29, 0.717) is 0 Å². The first-order valence-electron chi connectivity index (χ1n) is 7.15. The molecule has 21 heavy (non-hydrogen) atoms. The van der Waals surface area contributed by atoms with Crippen molar-refractivity contribution in [1.29, 1.82) is 0 Å². The molecular formula is C17H21BrN2S. The van der Waals surface area contributed by atoms with Gasteiger partial charge in [0.15, 0.2) is 0 Å². The molecular weight excluding hydrogens is 344 g/mol. The first kappa shape index (κ1) is 16.5. The highest BCUT2D eigenvalue weighted by Crippen LogP contribution is 2.33. The number of benzene rings is 1. The summed E-state index contributed by atoms with van der Waals surface area (Å²) in [6, 6.07) is 10.9. The van der Waals surface area contributed by atoms with Gasteiger partial charge in [0, 0.05) is 21.1 Å². The van der Waals surface area contributed by atoms with Gasteiger partial charge in [0.05, 0.1) is 0 Å². The van der Waals surface area contributed by atoms with Crippen molar-refractivity contribution in [2.24, 2.45) is 5.73 Å². The van der Waals surface area contributed by atoms with Crippen LogP contribution in [0.25, 0.3) is 0 Å². The number of hydrogen-bond acceptors (Lipinski definition) is 3. The lowest BCUT2D eigenvalue weighted by atomic mass is 10.1. The summed E-state index contributed by atoms with van der Waals surface area (Å²) >= 11 is 5.35. The average molecular weight is 365 g/mol. The molecule has 0 saturated heterocycles. The maximum absolute atomic E-state index is 6.02. The SMILES string of the molecule is CCC(N)Cc1ccc(Sc2cc(C)cc(C)n2)c(Br)c1. The lowest BCUT2D eigenvalue weighted by Gasteiger charge is -2.11. The topological polar surface area (TPSA) is 38.9 Å². The Kier molecular flexibility index (Phi) is 5.85. The molecule has 2 nitrogen and oxygen atoms in total. The first-order chi connectivity index (χ1) is 9.97. The summed E-state index contributed by atoms with van der Waals surface area (Å²) in [7, 11) is 0. The van der Waals surface area contributed by atoms with Gasteiger partial charge >= 0.3 is 0 Å². The second-order valence-corrected chi connectivity index (χ2v) is 7.28. The van der Waals surface area contributed by atoms with Crippen LogP contribution in [0.1, 0.15) is 30.2 Å². The highest BCUT2D eigenvalue weighted by atomic mass is 79.9. The van der Waals surface area contributed by atoms with Crippen LogP contribution in [0.2, 0.25) is 0 Å². The number of halogens is 1. The van der Waals surface area contributed by atoms with Crippen LogP contribution in [0.3, 0.4) is 0 Å². The van der Waals surface area contributed by atoms with Crippen molar-refractivity contribution >= 4 is 27.7 Å². The van der Waals surface area contributed by atoms with Gasteiger partial charge in [0.2, 0.25) is 0 Å². The molecule has 1 aromatic carbocycles. The fraction of sp³-hybridized carbons (Fsp3) is 0.353. The highest BCUT2D eigenvalue weighted by molar-refractivity contribution is 9.10. The Labute approximate surface area is 139 Å². The molecule has 1 aromatic heterocycles. The van der Waals surface area contributed by atoms with E-state index >= 15 is 0 Å². The molecule has 112 valence electrons. The van der Waals surface area contributed by atoms with Gasteiger partial charge in [-0.3, -0.25) is 0 Å². The first-order valence-corrected chi connectivity index (χ1v) is 8.76. The predicted octanol–water partition coefficient (Wildman–Crippen LogP) is 4.89. The number of nitrogens with two attached hydrogens (primary N) is 1. The largest absolute Gasteiger partial charge is 0.327 e. The average Bonchev–Trinajstić information content (AvgIpc) is 2.40. The lowest BCUT2D eigenvalue weighted by molar-refractivity contribution is 0.646. The quantitative estimate of drug-likeness (QED) is 0.820. The molecule has 0 aliphatic rings. The Bertz CT molecular complexity index is 608. The monoisotopic (exact) mass is 364 g/mol. The number of aryl methyl sites for hydroxylation is 2. The van der Waals surface area contributed by atoms with Gasteiger partial charge in [-0.2, -0.15) is 0 Å². The number of pyridine rings is 1. The van der Waals surface area contributed by atoms with Crippen molar-refractivity contribution in [3.05, 3.63) is 51.6 Å². The number of nitrogens with zero attached hydrogens (tertiary/aromatic N) is 1. The van der Waals surface area contributed by atoms with E-state index in [9.17, 15) is 0 Å². The van der Waals surface area contributed by atoms with Crippen molar-refractivity contribution in [2.75, 3.05) is 0 Å². The zero-order valence-electron chi connectivity index (χ0n) is 12.7. The minimum Gasteiger partial charge on any atom is -0.327 e. The molecule has 2 aromatic rings. The van der Waals surface area contributed by atoms with Gasteiger partial charge in [-0.05, 0) is 78.0 Å². The van der Waals surface area contributed by atoms with Gasteiger partial charge in [0.1, 0.15) is 5.03 Å². The maximum Gasteiger partial charge on any atom is 0.101 e. The van der Waals surface area contributed by atoms with Crippen LogP contribution in [-0.2, 0) is 6.42 Å². The number of rotatable bonds is 5. The third kappa shape index (κ3) is 4.83. The van der Waals surface area contributed by atoms with E-state index in [4.69, 9.17) is 5.73 Å². The summed E-state index contributed by atoms with van der Waals surface area (Å²) in [6.07, 6.45) is 1.92. The highest BCUT2D eigenvalue weighted by Gasteiger charge is 2.08. The summed E-state index contributed by atoms with van der Waals surface area (Å²) in [6.45, 7) is 6.25. The van der Waals surface area contributed by atoms with E-state index < -0.39 is 0 Å². The summed E-state index contributed by atoms with van der Waals surface area (Å²) in [5.74, 6) is 0. The fourth-order valence-corrected chi connectivity index (χ4v) is 3.79. The number of aromatic nitrogens is 1. The van der Waals surface area contributed by atoms with Crippen molar-refractivity contribution in [2.45, 2.75) is 49.6 Å². The minimum atomic E-state index is 0.233. The Balaban J connectivity index is 2.17. The molecule has 0 amide bonds. The zero-order chi connectivity index (χ0) is 15.4. The van der Waals surface area contributed by atoms with Crippen LogP contribution >= 0.6 is 27.7 Å². The molecule has 0 fully saturated rings. The van der Waals surface area contributed by atoms with Crippen molar-refractivity contribution in [3.8, 4) is 0 Å². The lowest BCUT2D eigenvalue weighted by Crippen LogP contribution is -2.21. The fourth-order valence-electron chi connectivity index (χ4n) is 2.17. The molecule has 4 heteroatoms. The third-order valence-electron chi connectivity index (χ3n) is 3.31. The number of hydrogen-bond donors (Lipinski definition) is 1. The maximum atomic E-state index is 6.02. The molecule has 0 aliphatic carbocycles.